The van der Waals surface area contributed by atoms with E-state index in [-0.39, 0.29) is 28.9 Å². The highest BCUT2D eigenvalue weighted by molar-refractivity contribution is 5.97. The molecule has 3 aliphatic rings. The molecule has 0 unspecified atom stereocenters. The molecule has 0 aliphatic heterocycles. The summed E-state index contributed by atoms with van der Waals surface area (Å²) >= 11 is 0. The highest BCUT2D eigenvalue weighted by Crippen LogP contribution is 2.47. The molecule has 0 atom stereocenters. The van der Waals surface area contributed by atoms with Gasteiger partial charge in [-0.05, 0) is 50.7 Å². The van der Waals surface area contributed by atoms with E-state index in [4.69, 9.17) is 14.7 Å². The molecule has 0 bridgehead atoms. The molecule has 3 fully saturated rings. The fourth-order valence-corrected chi connectivity index (χ4v) is 5.73. The number of carbonyl (C=O) groups is 2. The molecule has 2 aromatic heterocycles. The van der Waals surface area contributed by atoms with E-state index in [1.54, 1.807) is 0 Å². The number of amides is 1. The summed E-state index contributed by atoms with van der Waals surface area (Å²) in [5.41, 5.74) is 4.64. The van der Waals surface area contributed by atoms with Crippen molar-refractivity contribution >= 4 is 12.4 Å². The minimum absolute atomic E-state index is 0.0370. The number of rotatable bonds is 8. The maximum absolute atomic E-state index is 13.4. The molecule has 1 amide bonds. The van der Waals surface area contributed by atoms with Crippen LogP contribution in [0.3, 0.4) is 0 Å². The van der Waals surface area contributed by atoms with Gasteiger partial charge in [0.25, 0.3) is 12.4 Å². The molecule has 7 nitrogen and oxygen atoms in total. The first kappa shape index (κ1) is 25.9. The molecule has 7 heteroatoms. The van der Waals surface area contributed by atoms with E-state index in [1.165, 1.54) is 32.1 Å². The average molecular weight is 507 g/mol. The van der Waals surface area contributed by atoms with Gasteiger partial charge in [0.1, 0.15) is 11.9 Å². The van der Waals surface area contributed by atoms with E-state index >= 15 is 0 Å². The largest absolute Gasteiger partial charge is 0.464 e. The topological polar surface area (TPSA) is 86.1 Å². The first-order valence-electron chi connectivity index (χ1n) is 14.1. The summed E-state index contributed by atoms with van der Waals surface area (Å²) in [7, 11) is 0. The molecular weight excluding hydrogens is 464 g/mol. The minimum atomic E-state index is -0.0991. The second-order valence-electron chi connectivity index (χ2n) is 12.9. The van der Waals surface area contributed by atoms with E-state index in [1.807, 2.05) is 6.07 Å². The summed E-state index contributed by atoms with van der Waals surface area (Å²) in [6.07, 6.45) is 9.84. The number of nitrogens with zero attached hydrogens (tertiary/aromatic N) is 3. The lowest BCUT2D eigenvalue weighted by Crippen LogP contribution is -2.47. The molecule has 5 rings (SSSR count). The van der Waals surface area contributed by atoms with E-state index in [2.05, 4.69) is 50.6 Å². The molecule has 2 aromatic rings. The number of ether oxygens (including phenoxy) is 1. The third-order valence-corrected chi connectivity index (χ3v) is 8.75. The summed E-state index contributed by atoms with van der Waals surface area (Å²) in [6.45, 7) is 12.3. The van der Waals surface area contributed by atoms with Gasteiger partial charge in [0, 0.05) is 42.0 Å². The molecule has 3 saturated carbocycles. The summed E-state index contributed by atoms with van der Waals surface area (Å²) in [6, 6.07) is 4.21. The van der Waals surface area contributed by atoms with Gasteiger partial charge in [0.15, 0.2) is 0 Å². The molecule has 2 heterocycles. The summed E-state index contributed by atoms with van der Waals surface area (Å²) in [5, 5.41) is 3.16. The number of hydrogen-bond donors (Lipinski definition) is 1. The molecule has 0 radical (unpaired) electrons. The van der Waals surface area contributed by atoms with Crippen molar-refractivity contribution in [3.63, 3.8) is 0 Å². The van der Waals surface area contributed by atoms with Crippen LogP contribution in [0.4, 0.5) is 0 Å². The van der Waals surface area contributed by atoms with E-state index < -0.39 is 0 Å². The molecule has 200 valence electrons. The van der Waals surface area contributed by atoms with Gasteiger partial charge >= 0.3 is 0 Å². The van der Waals surface area contributed by atoms with E-state index in [0.717, 1.165) is 48.0 Å². The van der Waals surface area contributed by atoms with Crippen LogP contribution >= 0.6 is 0 Å². The molecule has 0 aromatic carbocycles. The van der Waals surface area contributed by atoms with Crippen LogP contribution < -0.4 is 5.32 Å². The monoisotopic (exact) mass is 506 g/mol. The van der Waals surface area contributed by atoms with Crippen LogP contribution in [0, 0.1) is 12.8 Å². The van der Waals surface area contributed by atoms with Gasteiger partial charge in [0.05, 0.1) is 22.6 Å². The number of aromatic nitrogens is 3. The van der Waals surface area contributed by atoms with E-state index in [0.29, 0.717) is 30.8 Å². The first-order chi connectivity index (χ1) is 17.6. The number of hydrogen-bond acceptors (Lipinski definition) is 5. The lowest BCUT2D eigenvalue weighted by atomic mass is 9.89. The van der Waals surface area contributed by atoms with Crippen LogP contribution in [0.25, 0.3) is 11.4 Å². The third kappa shape index (κ3) is 5.46. The smallest absolute Gasteiger partial charge is 0.293 e. The Morgan fingerprint density at radius 3 is 2.49 bits per heavy atom. The Morgan fingerprint density at radius 2 is 1.86 bits per heavy atom. The lowest BCUT2D eigenvalue weighted by Gasteiger charge is -2.34. The zero-order valence-electron chi connectivity index (χ0n) is 23.1. The maximum Gasteiger partial charge on any atom is 0.293 e. The molecular formula is C30H42N4O3. The van der Waals surface area contributed by atoms with Crippen molar-refractivity contribution in [1.82, 2.24) is 19.9 Å². The first-order valence-corrected chi connectivity index (χ1v) is 14.1. The quantitative estimate of drug-likeness (QED) is 0.470. The Labute approximate surface area is 220 Å². The second kappa shape index (κ2) is 9.88. The third-order valence-electron chi connectivity index (χ3n) is 8.75. The van der Waals surface area contributed by atoms with Crippen molar-refractivity contribution in [2.24, 2.45) is 5.92 Å². The van der Waals surface area contributed by atoms with Gasteiger partial charge in [-0.15, -0.1) is 0 Å². The van der Waals surface area contributed by atoms with E-state index in [9.17, 15) is 9.59 Å². The van der Waals surface area contributed by atoms with Gasteiger partial charge in [-0.25, -0.2) is 9.97 Å². The van der Waals surface area contributed by atoms with Crippen molar-refractivity contribution in [2.45, 2.75) is 122 Å². The Bertz CT molecular complexity index is 1140. The molecule has 0 spiro atoms. The fourth-order valence-electron chi connectivity index (χ4n) is 5.73. The lowest BCUT2D eigenvalue weighted by molar-refractivity contribution is -0.138. The average Bonchev–Trinajstić information content (AvgIpc) is 3.52. The Kier molecular flexibility index (Phi) is 6.92. The molecule has 37 heavy (non-hydrogen) atoms. The predicted molar refractivity (Wildman–Crippen MR) is 143 cm³/mol. The van der Waals surface area contributed by atoms with Gasteiger partial charge in [-0.2, -0.15) is 0 Å². The van der Waals surface area contributed by atoms with Crippen molar-refractivity contribution in [2.75, 3.05) is 0 Å². The van der Waals surface area contributed by atoms with Crippen molar-refractivity contribution < 1.29 is 14.3 Å². The molecule has 3 aliphatic carbocycles. The molecule has 1 N–H and O–H groups in total. The standard InChI is InChI=1S/C30H42N4O3/c1-19-23(27(36)31-21-13-22(14-21)37-18-35)15-25(34(19)17-20-9-7-6-8-10-20)24-16-26(29(2,3)4)33-28(32-24)30(5)11-12-30/h15-16,18,20-22H,6-14,17H2,1-5H3,(H,31,36)/t21-,22-. The Balaban J connectivity index is 1.51. The van der Waals surface area contributed by atoms with Crippen LogP contribution in [0.15, 0.2) is 12.1 Å². The summed E-state index contributed by atoms with van der Waals surface area (Å²) in [4.78, 5) is 34.2. The number of nitrogens with one attached hydrogen (secondary N) is 1. The normalized spacial score (nSPS) is 23.3. The Hall–Kier alpha value is -2.70. The van der Waals surface area contributed by atoms with Gasteiger partial charge in [0.2, 0.25) is 0 Å². The van der Waals surface area contributed by atoms with Crippen molar-refractivity contribution in [3.8, 4) is 11.4 Å². The van der Waals surface area contributed by atoms with Gasteiger partial charge in [-0.3, -0.25) is 9.59 Å². The zero-order chi connectivity index (χ0) is 26.4. The zero-order valence-corrected chi connectivity index (χ0v) is 23.1. The maximum atomic E-state index is 13.4. The van der Waals surface area contributed by atoms with Crippen LogP contribution in [0.2, 0.25) is 0 Å². The van der Waals surface area contributed by atoms with Crippen molar-refractivity contribution in [3.05, 3.63) is 34.9 Å². The predicted octanol–water partition coefficient (Wildman–Crippen LogP) is 5.62. The molecule has 0 saturated heterocycles. The summed E-state index contributed by atoms with van der Waals surface area (Å²) < 4.78 is 7.36. The minimum Gasteiger partial charge on any atom is -0.464 e. The highest BCUT2D eigenvalue weighted by Gasteiger charge is 2.43. The summed E-state index contributed by atoms with van der Waals surface area (Å²) in [5.74, 6) is 1.49. The number of carbonyl (C=O) groups excluding carboxylic acids is 2. The van der Waals surface area contributed by atoms with Crippen LogP contribution in [0.5, 0.6) is 0 Å². The Morgan fingerprint density at radius 1 is 1.16 bits per heavy atom. The van der Waals surface area contributed by atoms with Gasteiger partial charge < -0.3 is 14.6 Å². The van der Waals surface area contributed by atoms with Crippen LogP contribution in [-0.4, -0.2) is 39.1 Å². The van der Waals surface area contributed by atoms with Gasteiger partial charge in [-0.1, -0.05) is 47.0 Å². The van der Waals surface area contributed by atoms with Crippen LogP contribution in [-0.2, 0) is 26.9 Å². The fraction of sp³-hybridized carbons (Fsp3) is 0.667. The van der Waals surface area contributed by atoms with Crippen LogP contribution in [0.1, 0.15) is 113 Å². The van der Waals surface area contributed by atoms with Crippen molar-refractivity contribution in [1.29, 1.82) is 0 Å². The SMILES string of the molecule is Cc1c(C(=O)N[C@H]2C[C@H](OC=O)C2)cc(-c2cc(C(C)(C)C)nc(C3(C)CC3)n2)n1CC1CCCCC1. The second-order valence-corrected chi connectivity index (χ2v) is 12.9. The highest BCUT2D eigenvalue weighted by atomic mass is 16.5.